The first-order valence-electron chi connectivity index (χ1n) is 5.75. The highest BCUT2D eigenvalue weighted by Crippen LogP contribution is 2.40. The van der Waals surface area contributed by atoms with Gasteiger partial charge in [0.2, 0.25) is 5.91 Å². The Labute approximate surface area is 101 Å². The van der Waals surface area contributed by atoms with E-state index in [1.165, 1.54) is 12.8 Å². The summed E-state index contributed by atoms with van der Waals surface area (Å²) in [4.78, 5) is 22.2. The number of carbonyl (C=O) groups excluding carboxylic acids is 2. The van der Waals surface area contributed by atoms with Crippen LogP contribution in [0.5, 0.6) is 0 Å². The van der Waals surface area contributed by atoms with E-state index in [1.807, 2.05) is 0 Å². The van der Waals surface area contributed by atoms with Crippen LogP contribution in [0.2, 0.25) is 0 Å². The van der Waals surface area contributed by atoms with Crippen LogP contribution in [0.3, 0.4) is 0 Å². The normalized spacial score (nSPS) is 18.1. The fraction of sp³-hybridized carbons (Fsp3) is 0.818. The van der Waals surface area contributed by atoms with Gasteiger partial charge in [0.05, 0.1) is 0 Å². The van der Waals surface area contributed by atoms with Crippen molar-refractivity contribution < 1.29 is 9.59 Å². The molecule has 0 aromatic carbocycles. The van der Waals surface area contributed by atoms with E-state index < -0.39 is 11.9 Å². The number of amides is 3. The second-order valence-electron chi connectivity index (χ2n) is 4.43. The molecule has 2 N–H and O–H groups in total. The van der Waals surface area contributed by atoms with Crippen LogP contribution >= 0.6 is 11.6 Å². The van der Waals surface area contributed by atoms with Crippen LogP contribution in [0.25, 0.3) is 0 Å². The van der Waals surface area contributed by atoms with Crippen LogP contribution in [0.15, 0.2) is 0 Å². The van der Waals surface area contributed by atoms with E-state index in [0.29, 0.717) is 6.54 Å². The predicted molar refractivity (Wildman–Crippen MR) is 63.5 cm³/mol. The molecule has 5 heteroatoms. The Balaban J connectivity index is 2.32. The lowest BCUT2D eigenvalue weighted by atomic mass is 9.83. The van der Waals surface area contributed by atoms with E-state index in [0.717, 1.165) is 19.3 Å². The SMILES string of the molecule is CCC1(CNC(=O)NC(=O)CCl)CCCC1. The van der Waals surface area contributed by atoms with Gasteiger partial charge < -0.3 is 5.32 Å². The Hall–Kier alpha value is -0.770. The molecule has 1 saturated carbocycles. The Bertz CT molecular complexity index is 263. The molecular formula is C11H19ClN2O2. The summed E-state index contributed by atoms with van der Waals surface area (Å²) in [6.07, 6.45) is 5.85. The van der Waals surface area contributed by atoms with Crippen molar-refractivity contribution in [3.63, 3.8) is 0 Å². The minimum absolute atomic E-state index is 0.188. The van der Waals surface area contributed by atoms with Crippen molar-refractivity contribution in [1.82, 2.24) is 10.6 Å². The molecule has 0 bridgehead atoms. The van der Waals surface area contributed by atoms with Gasteiger partial charge in [-0.05, 0) is 24.7 Å². The molecule has 0 spiro atoms. The lowest BCUT2D eigenvalue weighted by molar-refractivity contribution is -0.117. The van der Waals surface area contributed by atoms with Gasteiger partial charge in [0.25, 0.3) is 0 Å². The van der Waals surface area contributed by atoms with Crippen molar-refractivity contribution >= 4 is 23.5 Å². The van der Waals surface area contributed by atoms with E-state index in [1.54, 1.807) is 0 Å². The highest BCUT2D eigenvalue weighted by molar-refractivity contribution is 6.28. The molecule has 1 aliphatic carbocycles. The Kier molecular flexibility index (Phi) is 5.06. The third-order valence-corrected chi connectivity index (χ3v) is 3.66. The summed E-state index contributed by atoms with van der Waals surface area (Å²) in [5.74, 6) is -0.650. The van der Waals surface area contributed by atoms with Gasteiger partial charge in [-0.15, -0.1) is 11.6 Å². The molecule has 92 valence electrons. The van der Waals surface area contributed by atoms with Gasteiger partial charge in [0.1, 0.15) is 5.88 Å². The monoisotopic (exact) mass is 246 g/mol. The van der Waals surface area contributed by atoms with Gasteiger partial charge >= 0.3 is 6.03 Å². The van der Waals surface area contributed by atoms with Gasteiger partial charge in [0.15, 0.2) is 0 Å². The van der Waals surface area contributed by atoms with Crippen molar-refractivity contribution in [2.75, 3.05) is 12.4 Å². The molecule has 1 fully saturated rings. The number of nitrogens with one attached hydrogen (secondary N) is 2. The lowest BCUT2D eigenvalue weighted by Crippen LogP contribution is -2.44. The first kappa shape index (κ1) is 13.3. The number of hydrogen-bond acceptors (Lipinski definition) is 2. The lowest BCUT2D eigenvalue weighted by Gasteiger charge is -2.27. The molecule has 0 heterocycles. The quantitative estimate of drug-likeness (QED) is 0.746. The summed E-state index contributed by atoms with van der Waals surface area (Å²) in [6.45, 7) is 2.79. The fourth-order valence-corrected chi connectivity index (χ4v) is 2.32. The van der Waals surface area contributed by atoms with Crippen LogP contribution in [-0.4, -0.2) is 24.4 Å². The Morgan fingerprint density at radius 3 is 2.44 bits per heavy atom. The van der Waals surface area contributed by atoms with E-state index in [2.05, 4.69) is 17.6 Å². The molecule has 4 nitrogen and oxygen atoms in total. The zero-order valence-corrected chi connectivity index (χ0v) is 10.4. The third-order valence-electron chi connectivity index (χ3n) is 3.41. The molecule has 16 heavy (non-hydrogen) atoms. The molecule has 0 unspecified atom stereocenters. The molecule has 0 saturated heterocycles. The second-order valence-corrected chi connectivity index (χ2v) is 4.69. The van der Waals surface area contributed by atoms with Crippen LogP contribution in [0.4, 0.5) is 4.79 Å². The number of rotatable bonds is 4. The Morgan fingerprint density at radius 1 is 1.31 bits per heavy atom. The maximum Gasteiger partial charge on any atom is 0.321 e. The summed E-state index contributed by atoms with van der Waals surface area (Å²) in [7, 11) is 0. The maximum absolute atomic E-state index is 11.3. The number of alkyl halides is 1. The molecular weight excluding hydrogens is 228 g/mol. The average molecular weight is 247 g/mol. The van der Waals surface area contributed by atoms with Gasteiger partial charge in [0, 0.05) is 6.54 Å². The van der Waals surface area contributed by atoms with Crippen molar-refractivity contribution in [2.24, 2.45) is 5.41 Å². The van der Waals surface area contributed by atoms with Crippen LogP contribution in [0.1, 0.15) is 39.0 Å². The number of halogens is 1. The van der Waals surface area contributed by atoms with E-state index in [-0.39, 0.29) is 11.3 Å². The Morgan fingerprint density at radius 2 is 1.94 bits per heavy atom. The average Bonchev–Trinajstić information content (AvgIpc) is 2.75. The van der Waals surface area contributed by atoms with E-state index in [9.17, 15) is 9.59 Å². The van der Waals surface area contributed by atoms with Crippen LogP contribution in [0, 0.1) is 5.41 Å². The molecule has 0 aromatic heterocycles. The van der Waals surface area contributed by atoms with Crippen LogP contribution < -0.4 is 10.6 Å². The molecule has 1 rings (SSSR count). The number of imide groups is 1. The molecule has 0 aliphatic heterocycles. The topological polar surface area (TPSA) is 58.2 Å². The number of carbonyl (C=O) groups is 2. The van der Waals surface area contributed by atoms with Gasteiger partial charge in [-0.1, -0.05) is 19.8 Å². The fourth-order valence-electron chi connectivity index (χ4n) is 2.25. The zero-order chi connectivity index (χ0) is 12.0. The van der Waals surface area contributed by atoms with Gasteiger partial charge in [-0.2, -0.15) is 0 Å². The highest BCUT2D eigenvalue weighted by atomic mass is 35.5. The van der Waals surface area contributed by atoms with E-state index in [4.69, 9.17) is 11.6 Å². The first-order chi connectivity index (χ1) is 7.62. The van der Waals surface area contributed by atoms with Crippen molar-refractivity contribution in [3.8, 4) is 0 Å². The molecule has 0 radical (unpaired) electrons. The number of urea groups is 1. The van der Waals surface area contributed by atoms with E-state index >= 15 is 0 Å². The van der Waals surface area contributed by atoms with Gasteiger partial charge in [-0.25, -0.2) is 4.79 Å². The molecule has 3 amide bonds. The minimum atomic E-state index is -0.462. The summed E-state index contributed by atoms with van der Waals surface area (Å²) in [5.41, 5.74) is 0.237. The smallest absolute Gasteiger partial charge is 0.321 e. The van der Waals surface area contributed by atoms with Crippen molar-refractivity contribution in [2.45, 2.75) is 39.0 Å². The van der Waals surface area contributed by atoms with Gasteiger partial charge in [-0.3, -0.25) is 10.1 Å². The first-order valence-corrected chi connectivity index (χ1v) is 6.29. The minimum Gasteiger partial charge on any atom is -0.337 e. The van der Waals surface area contributed by atoms with Crippen molar-refractivity contribution in [1.29, 1.82) is 0 Å². The summed E-state index contributed by atoms with van der Waals surface area (Å²) in [6, 6.07) is -0.439. The molecule has 0 atom stereocenters. The standard InChI is InChI=1S/C11H19ClN2O2/c1-2-11(5-3-4-6-11)8-13-10(16)14-9(15)7-12/h2-8H2,1H3,(H2,13,14,15,16). The summed E-state index contributed by atoms with van der Waals surface area (Å²) < 4.78 is 0. The summed E-state index contributed by atoms with van der Waals surface area (Å²) >= 11 is 5.29. The maximum atomic E-state index is 11.3. The number of hydrogen-bond donors (Lipinski definition) is 2. The molecule has 0 aromatic rings. The summed E-state index contributed by atoms with van der Waals surface area (Å²) in [5, 5.41) is 4.93. The third kappa shape index (κ3) is 3.67. The van der Waals surface area contributed by atoms with Crippen LogP contribution in [-0.2, 0) is 4.79 Å². The molecule has 1 aliphatic rings. The second kappa shape index (κ2) is 6.09. The zero-order valence-electron chi connectivity index (χ0n) is 9.64. The van der Waals surface area contributed by atoms with Crippen molar-refractivity contribution in [3.05, 3.63) is 0 Å². The largest absolute Gasteiger partial charge is 0.337 e. The highest BCUT2D eigenvalue weighted by Gasteiger charge is 2.32. The predicted octanol–water partition coefficient (Wildman–Crippen LogP) is 2.02.